The van der Waals surface area contributed by atoms with Crippen LogP contribution in [0.2, 0.25) is 0 Å². The predicted molar refractivity (Wildman–Crippen MR) is 71.1 cm³/mol. The molecule has 0 bridgehead atoms. The molecule has 2 nitrogen and oxygen atoms in total. The van der Waals surface area contributed by atoms with Gasteiger partial charge in [-0.15, -0.1) is 0 Å². The van der Waals surface area contributed by atoms with Crippen LogP contribution in [0.15, 0.2) is 36.5 Å². The number of hydrogen-bond acceptors (Lipinski definition) is 2. The molecule has 1 aromatic carbocycles. The molecule has 3 rings (SSSR count). The van der Waals surface area contributed by atoms with E-state index in [1.54, 1.807) is 0 Å². The van der Waals surface area contributed by atoms with Crippen LogP contribution in [0.3, 0.4) is 0 Å². The Hall–Kier alpha value is -1.41. The molecule has 1 unspecified atom stereocenters. The minimum atomic E-state index is 0.288. The van der Waals surface area contributed by atoms with Gasteiger partial charge < -0.3 is 5.32 Å². The standard InChI is InChI=1S/C15H18N2/c1-15(7-3-9-17-15)11-12-5-6-14-13(10-12)4-2-8-16-14/h2,4-6,8,10,17H,3,7,9,11H2,1H3. The van der Waals surface area contributed by atoms with E-state index in [0.29, 0.717) is 0 Å². The van der Waals surface area contributed by atoms with E-state index in [1.807, 2.05) is 12.3 Å². The summed E-state index contributed by atoms with van der Waals surface area (Å²) in [5, 5.41) is 4.86. The Morgan fingerprint density at radius 2 is 2.29 bits per heavy atom. The molecule has 1 saturated heterocycles. The lowest BCUT2D eigenvalue weighted by molar-refractivity contribution is 0.413. The van der Waals surface area contributed by atoms with Gasteiger partial charge in [-0.2, -0.15) is 0 Å². The van der Waals surface area contributed by atoms with E-state index < -0.39 is 0 Å². The molecular formula is C15H18N2. The molecule has 1 atom stereocenters. The Labute approximate surface area is 102 Å². The van der Waals surface area contributed by atoms with Gasteiger partial charge in [0.25, 0.3) is 0 Å². The lowest BCUT2D eigenvalue weighted by Gasteiger charge is -2.24. The van der Waals surface area contributed by atoms with E-state index in [9.17, 15) is 0 Å². The number of pyridine rings is 1. The Morgan fingerprint density at radius 1 is 1.35 bits per heavy atom. The fourth-order valence-corrected chi connectivity index (χ4v) is 2.79. The summed E-state index contributed by atoms with van der Waals surface area (Å²) in [6.07, 6.45) is 5.53. The number of benzene rings is 1. The molecule has 2 aromatic rings. The molecule has 2 heterocycles. The van der Waals surface area contributed by atoms with Crippen molar-refractivity contribution in [2.45, 2.75) is 31.7 Å². The minimum Gasteiger partial charge on any atom is -0.311 e. The third-order valence-corrected chi connectivity index (χ3v) is 3.72. The fraction of sp³-hybridized carbons (Fsp3) is 0.400. The number of nitrogens with one attached hydrogen (secondary N) is 1. The van der Waals surface area contributed by atoms with E-state index in [1.165, 1.54) is 23.8 Å². The van der Waals surface area contributed by atoms with Gasteiger partial charge in [-0.05, 0) is 56.5 Å². The highest BCUT2D eigenvalue weighted by molar-refractivity contribution is 5.78. The fourth-order valence-electron chi connectivity index (χ4n) is 2.79. The third kappa shape index (κ3) is 2.18. The first-order valence-corrected chi connectivity index (χ1v) is 6.34. The second-order valence-electron chi connectivity index (χ2n) is 5.30. The highest BCUT2D eigenvalue weighted by atomic mass is 15.0. The molecule has 1 aromatic heterocycles. The summed E-state index contributed by atoms with van der Waals surface area (Å²) in [4.78, 5) is 4.36. The molecule has 0 amide bonds. The van der Waals surface area contributed by atoms with E-state index in [0.717, 1.165) is 18.5 Å². The molecule has 88 valence electrons. The van der Waals surface area contributed by atoms with E-state index in [-0.39, 0.29) is 5.54 Å². The van der Waals surface area contributed by atoms with Crippen LogP contribution >= 0.6 is 0 Å². The van der Waals surface area contributed by atoms with Gasteiger partial charge in [0, 0.05) is 17.1 Å². The summed E-state index contributed by atoms with van der Waals surface area (Å²) < 4.78 is 0. The largest absolute Gasteiger partial charge is 0.311 e. The van der Waals surface area contributed by atoms with Gasteiger partial charge in [-0.1, -0.05) is 12.1 Å². The second kappa shape index (κ2) is 4.11. The Balaban J connectivity index is 1.90. The maximum Gasteiger partial charge on any atom is 0.0702 e. The summed E-state index contributed by atoms with van der Waals surface area (Å²) in [5.74, 6) is 0. The molecular weight excluding hydrogens is 208 g/mol. The van der Waals surface area contributed by atoms with Crippen molar-refractivity contribution in [2.24, 2.45) is 0 Å². The Bertz CT molecular complexity index is 527. The van der Waals surface area contributed by atoms with Crippen molar-refractivity contribution in [1.82, 2.24) is 10.3 Å². The first kappa shape index (κ1) is 10.7. The maximum atomic E-state index is 4.36. The van der Waals surface area contributed by atoms with E-state index in [2.05, 4.69) is 41.5 Å². The monoisotopic (exact) mass is 226 g/mol. The summed E-state index contributed by atoms with van der Waals surface area (Å²) in [5.41, 5.74) is 2.78. The number of fused-ring (bicyclic) bond motifs is 1. The molecule has 1 aliphatic heterocycles. The molecule has 0 spiro atoms. The lowest BCUT2D eigenvalue weighted by atomic mass is 9.91. The highest BCUT2D eigenvalue weighted by Gasteiger charge is 2.27. The van der Waals surface area contributed by atoms with Crippen molar-refractivity contribution >= 4 is 10.9 Å². The Kier molecular flexibility index (Phi) is 2.60. The maximum absolute atomic E-state index is 4.36. The van der Waals surface area contributed by atoms with Crippen molar-refractivity contribution in [3.8, 4) is 0 Å². The quantitative estimate of drug-likeness (QED) is 0.851. The molecule has 0 radical (unpaired) electrons. The third-order valence-electron chi connectivity index (χ3n) is 3.72. The number of aromatic nitrogens is 1. The first-order chi connectivity index (χ1) is 8.25. The van der Waals surface area contributed by atoms with Crippen LogP contribution in [0.1, 0.15) is 25.3 Å². The summed E-state index contributed by atoms with van der Waals surface area (Å²) in [7, 11) is 0. The molecule has 1 N–H and O–H groups in total. The normalized spacial score (nSPS) is 24.3. The van der Waals surface area contributed by atoms with Crippen LogP contribution in [-0.4, -0.2) is 17.1 Å². The molecule has 17 heavy (non-hydrogen) atoms. The molecule has 0 saturated carbocycles. The zero-order valence-electron chi connectivity index (χ0n) is 10.2. The zero-order valence-corrected chi connectivity index (χ0v) is 10.2. The van der Waals surface area contributed by atoms with Crippen LogP contribution in [0.25, 0.3) is 10.9 Å². The van der Waals surface area contributed by atoms with E-state index >= 15 is 0 Å². The lowest BCUT2D eigenvalue weighted by Crippen LogP contribution is -2.38. The van der Waals surface area contributed by atoms with Gasteiger partial charge in [0.15, 0.2) is 0 Å². The van der Waals surface area contributed by atoms with Gasteiger partial charge in [0.1, 0.15) is 0 Å². The number of nitrogens with zero attached hydrogens (tertiary/aromatic N) is 1. The average molecular weight is 226 g/mol. The van der Waals surface area contributed by atoms with Crippen molar-refractivity contribution in [3.05, 3.63) is 42.1 Å². The second-order valence-corrected chi connectivity index (χ2v) is 5.30. The van der Waals surface area contributed by atoms with Gasteiger partial charge >= 0.3 is 0 Å². The predicted octanol–water partition coefficient (Wildman–Crippen LogP) is 2.92. The topological polar surface area (TPSA) is 24.9 Å². The van der Waals surface area contributed by atoms with Gasteiger partial charge in [0.05, 0.1) is 5.52 Å². The van der Waals surface area contributed by atoms with Gasteiger partial charge in [0.2, 0.25) is 0 Å². The van der Waals surface area contributed by atoms with Crippen molar-refractivity contribution < 1.29 is 0 Å². The molecule has 1 fully saturated rings. The van der Waals surface area contributed by atoms with Gasteiger partial charge in [-0.25, -0.2) is 0 Å². The Morgan fingerprint density at radius 3 is 3.12 bits per heavy atom. The summed E-state index contributed by atoms with van der Waals surface area (Å²) in [6, 6.07) is 10.7. The molecule has 2 heteroatoms. The minimum absolute atomic E-state index is 0.288. The first-order valence-electron chi connectivity index (χ1n) is 6.34. The van der Waals surface area contributed by atoms with Crippen LogP contribution in [-0.2, 0) is 6.42 Å². The van der Waals surface area contributed by atoms with E-state index in [4.69, 9.17) is 0 Å². The van der Waals surface area contributed by atoms with Crippen LogP contribution in [0, 0.1) is 0 Å². The van der Waals surface area contributed by atoms with Crippen LogP contribution in [0.5, 0.6) is 0 Å². The highest BCUT2D eigenvalue weighted by Crippen LogP contribution is 2.24. The smallest absolute Gasteiger partial charge is 0.0702 e. The summed E-state index contributed by atoms with van der Waals surface area (Å²) in [6.45, 7) is 3.49. The number of hydrogen-bond donors (Lipinski definition) is 1. The van der Waals surface area contributed by atoms with Crippen molar-refractivity contribution in [3.63, 3.8) is 0 Å². The van der Waals surface area contributed by atoms with Crippen molar-refractivity contribution in [1.29, 1.82) is 0 Å². The molecule has 1 aliphatic rings. The summed E-state index contributed by atoms with van der Waals surface area (Å²) >= 11 is 0. The average Bonchev–Trinajstić information content (AvgIpc) is 2.76. The van der Waals surface area contributed by atoms with Crippen LogP contribution in [0.4, 0.5) is 0 Å². The SMILES string of the molecule is CC1(Cc2ccc3ncccc3c2)CCCN1. The van der Waals surface area contributed by atoms with Gasteiger partial charge in [-0.3, -0.25) is 4.98 Å². The van der Waals surface area contributed by atoms with Crippen molar-refractivity contribution in [2.75, 3.05) is 6.54 Å². The number of rotatable bonds is 2. The zero-order chi connectivity index (χ0) is 11.7. The van der Waals surface area contributed by atoms with Crippen LogP contribution < -0.4 is 5.32 Å². The molecule has 0 aliphatic carbocycles.